The predicted molar refractivity (Wildman–Crippen MR) is 103 cm³/mol. The van der Waals surface area contributed by atoms with Crippen molar-refractivity contribution in [3.05, 3.63) is 74.8 Å². The lowest BCUT2D eigenvalue weighted by Gasteiger charge is -2.11. The Labute approximate surface area is 160 Å². The number of carbonyl (C=O) groups is 1. The summed E-state index contributed by atoms with van der Waals surface area (Å²) in [5, 5.41) is 7.31. The minimum Gasteiger partial charge on any atom is -0.493 e. The number of methoxy groups -OCH3 is 1. The molecule has 1 amide bonds. The molecule has 0 aliphatic rings. The van der Waals surface area contributed by atoms with Crippen LogP contribution in [0.3, 0.4) is 0 Å². The molecule has 3 aromatic rings. The number of hydrogen-bond donors (Lipinski definition) is 1. The van der Waals surface area contributed by atoms with Crippen molar-refractivity contribution in [2.45, 2.75) is 13.8 Å². The van der Waals surface area contributed by atoms with E-state index >= 15 is 0 Å². The first-order valence-electron chi connectivity index (χ1n) is 8.09. The number of ether oxygens (including phenoxy) is 1. The van der Waals surface area contributed by atoms with E-state index in [1.54, 1.807) is 37.3 Å². The van der Waals surface area contributed by atoms with Crippen molar-refractivity contribution in [3.63, 3.8) is 0 Å². The van der Waals surface area contributed by atoms with E-state index in [2.05, 4.69) is 15.4 Å². The highest BCUT2D eigenvalue weighted by Crippen LogP contribution is 2.22. The second kappa shape index (κ2) is 7.59. The van der Waals surface area contributed by atoms with Gasteiger partial charge in [0.25, 0.3) is 11.5 Å². The number of anilines is 1. The van der Waals surface area contributed by atoms with E-state index in [0.29, 0.717) is 16.5 Å². The number of nitrogens with zero attached hydrogens (tertiary/aromatic N) is 3. The monoisotopic (exact) mass is 384 g/mol. The molecule has 1 N–H and O–H groups in total. The number of pyridine rings is 1. The standard InChI is InChI=1S/C19H17ClN4O3/c1-11-4-6-13(10-14(11)20)24-17(25)9-7-15(23-24)19(26)22-18-16(27-3)8-5-12(2)21-18/h4-10H,1-3H3,(H,21,22,26). The molecule has 8 heteroatoms. The van der Waals surface area contributed by atoms with E-state index in [0.717, 1.165) is 15.9 Å². The highest BCUT2D eigenvalue weighted by molar-refractivity contribution is 6.31. The zero-order chi connectivity index (χ0) is 19.6. The van der Waals surface area contributed by atoms with E-state index in [-0.39, 0.29) is 17.1 Å². The largest absolute Gasteiger partial charge is 0.493 e. The van der Waals surface area contributed by atoms with Gasteiger partial charge in [0.2, 0.25) is 0 Å². The van der Waals surface area contributed by atoms with Crippen LogP contribution in [0.1, 0.15) is 21.7 Å². The summed E-state index contributed by atoms with van der Waals surface area (Å²) in [6, 6.07) is 11.2. The second-order valence-corrected chi connectivity index (χ2v) is 6.27. The number of hydrogen-bond acceptors (Lipinski definition) is 5. The molecule has 27 heavy (non-hydrogen) atoms. The van der Waals surface area contributed by atoms with Crippen molar-refractivity contribution in [3.8, 4) is 11.4 Å². The molecule has 7 nitrogen and oxygen atoms in total. The summed E-state index contributed by atoms with van der Waals surface area (Å²) in [6.45, 7) is 3.66. The lowest BCUT2D eigenvalue weighted by molar-refractivity contribution is 0.101. The van der Waals surface area contributed by atoms with Crippen LogP contribution >= 0.6 is 11.6 Å². The number of aryl methyl sites for hydroxylation is 2. The maximum Gasteiger partial charge on any atom is 0.277 e. The fourth-order valence-corrected chi connectivity index (χ4v) is 2.58. The summed E-state index contributed by atoms with van der Waals surface area (Å²) >= 11 is 6.13. The Morgan fingerprint density at radius 2 is 1.93 bits per heavy atom. The third-order valence-corrected chi connectivity index (χ3v) is 4.29. The lowest BCUT2D eigenvalue weighted by atomic mass is 10.2. The zero-order valence-corrected chi connectivity index (χ0v) is 15.7. The van der Waals surface area contributed by atoms with Gasteiger partial charge in [0, 0.05) is 16.8 Å². The smallest absolute Gasteiger partial charge is 0.277 e. The van der Waals surface area contributed by atoms with Gasteiger partial charge in [0.15, 0.2) is 11.6 Å². The summed E-state index contributed by atoms with van der Waals surface area (Å²) in [4.78, 5) is 29.0. The average molecular weight is 385 g/mol. The average Bonchev–Trinajstić information content (AvgIpc) is 2.64. The Kier molecular flexibility index (Phi) is 5.23. The summed E-state index contributed by atoms with van der Waals surface area (Å²) in [7, 11) is 1.49. The SMILES string of the molecule is COc1ccc(C)nc1NC(=O)c1ccc(=O)n(-c2ccc(C)c(Cl)c2)n1. The Balaban J connectivity index is 1.96. The fraction of sp³-hybridized carbons (Fsp3) is 0.158. The molecule has 1 aromatic carbocycles. The molecule has 0 aliphatic heterocycles. The normalized spacial score (nSPS) is 10.5. The number of rotatable bonds is 4. The molecule has 2 heterocycles. The molecule has 2 aromatic heterocycles. The number of benzene rings is 1. The van der Waals surface area contributed by atoms with Crippen LogP contribution in [0.4, 0.5) is 5.82 Å². The molecule has 0 aliphatic carbocycles. The van der Waals surface area contributed by atoms with Crippen molar-refractivity contribution >= 4 is 23.3 Å². The molecule has 138 valence electrons. The fourth-order valence-electron chi connectivity index (χ4n) is 2.40. The zero-order valence-electron chi connectivity index (χ0n) is 15.0. The molecule has 0 unspecified atom stereocenters. The van der Waals surface area contributed by atoms with Crippen LogP contribution in [0.25, 0.3) is 5.69 Å². The molecule has 0 bridgehead atoms. The second-order valence-electron chi connectivity index (χ2n) is 5.86. The van der Waals surface area contributed by atoms with Crippen LogP contribution in [0, 0.1) is 13.8 Å². The van der Waals surface area contributed by atoms with E-state index in [4.69, 9.17) is 16.3 Å². The molecule has 0 spiro atoms. The van der Waals surface area contributed by atoms with Crippen molar-refractivity contribution in [1.29, 1.82) is 0 Å². The van der Waals surface area contributed by atoms with Crippen molar-refractivity contribution in [2.75, 3.05) is 12.4 Å². The maximum absolute atomic E-state index is 12.6. The first kappa shape index (κ1) is 18.6. The molecule has 3 rings (SSSR count). The van der Waals surface area contributed by atoms with Crippen LogP contribution in [-0.2, 0) is 0 Å². The van der Waals surface area contributed by atoms with Crippen LogP contribution < -0.4 is 15.6 Å². The van der Waals surface area contributed by atoms with Gasteiger partial charge in [-0.25, -0.2) is 4.98 Å². The molecular weight excluding hydrogens is 368 g/mol. The number of nitrogens with one attached hydrogen (secondary N) is 1. The maximum atomic E-state index is 12.6. The summed E-state index contributed by atoms with van der Waals surface area (Å²) in [5.41, 5.74) is 1.74. The van der Waals surface area contributed by atoms with Crippen LogP contribution in [0.2, 0.25) is 5.02 Å². The van der Waals surface area contributed by atoms with Crippen LogP contribution in [-0.4, -0.2) is 27.8 Å². The third kappa shape index (κ3) is 3.98. The van der Waals surface area contributed by atoms with Gasteiger partial charge >= 0.3 is 0 Å². The molecule has 0 fully saturated rings. The minimum absolute atomic E-state index is 0.0525. The van der Waals surface area contributed by atoms with Gasteiger partial charge in [-0.3, -0.25) is 9.59 Å². The highest BCUT2D eigenvalue weighted by Gasteiger charge is 2.15. The number of carbonyl (C=O) groups excluding carboxylic acids is 1. The van der Waals surface area contributed by atoms with Crippen molar-refractivity contribution in [1.82, 2.24) is 14.8 Å². The Morgan fingerprint density at radius 1 is 1.15 bits per heavy atom. The summed E-state index contributed by atoms with van der Waals surface area (Å²) < 4.78 is 6.33. The first-order valence-corrected chi connectivity index (χ1v) is 8.47. The predicted octanol–water partition coefficient (Wildman–Crippen LogP) is 3.16. The molecule has 0 radical (unpaired) electrons. The molecular formula is C19H17ClN4O3. The van der Waals surface area contributed by atoms with Gasteiger partial charge in [0.05, 0.1) is 12.8 Å². The molecule has 0 atom stereocenters. The van der Waals surface area contributed by atoms with E-state index in [1.807, 2.05) is 6.92 Å². The van der Waals surface area contributed by atoms with Crippen molar-refractivity contribution < 1.29 is 9.53 Å². The molecule has 0 saturated carbocycles. The van der Waals surface area contributed by atoms with Crippen LogP contribution in [0.5, 0.6) is 5.75 Å². The van der Waals surface area contributed by atoms with Gasteiger partial charge in [-0.1, -0.05) is 17.7 Å². The van der Waals surface area contributed by atoms with Crippen molar-refractivity contribution in [2.24, 2.45) is 0 Å². The van der Waals surface area contributed by atoms with Gasteiger partial charge in [0.1, 0.15) is 5.69 Å². The number of aromatic nitrogens is 3. The Bertz CT molecular complexity index is 1080. The van der Waals surface area contributed by atoms with E-state index in [1.165, 1.54) is 19.2 Å². The highest BCUT2D eigenvalue weighted by atomic mass is 35.5. The third-order valence-electron chi connectivity index (χ3n) is 3.88. The minimum atomic E-state index is -0.515. The molecule has 0 saturated heterocycles. The quantitative estimate of drug-likeness (QED) is 0.746. The van der Waals surface area contributed by atoms with E-state index in [9.17, 15) is 9.59 Å². The number of amides is 1. The van der Waals surface area contributed by atoms with E-state index < -0.39 is 5.91 Å². The first-order chi connectivity index (χ1) is 12.9. The van der Waals surface area contributed by atoms with Gasteiger partial charge in [-0.2, -0.15) is 9.78 Å². The Morgan fingerprint density at radius 3 is 2.63 bits per heavy atom. The van der Waals surface area contributed by atoms with Gasteiger partial charge in [-0.15, -0.1) is 0 Å². The van der Waals surface area contributed by atoms with Gasteiger partial charge in [-0.05, 0) is 49.7 Å². The summed E-state index contributed by atoms with van der Waals surface area (Å²) in [6.07, 6.45) is 0. The summed E-state index contributed by atoms with van der Waals surface area (Å²) in [5.74, 6) is 0.186. The number of halogens is 1. The van der Waals surface area contributed by atoms with Gasteiger partial charge < -0.3 is 10.1 Å². The Hall–Kier alpha value is -3.19. The topological polar surface area (TPSA) is 86.1 Å². The van der Waals surface area contributed by atoms with Crippen LogP contribution in [0.15, 0.2) is 47.3 Å². The lowest BCUT2D eigenvalue weighted by Crippen LogP contribution is -2.25.